The minimum atomic E-state index is -0.188. The average Bonchev–Trinajstić information content (AvgIpc) is 2.90. The first-order chi connectivity index (χ1) is 9.75. The highest BCUT2D eigenvalue weighted by atomic mass is 32.1. The van der Waals surface area contributed by atoms with Crippen LogP contribution in [0.15, 0.2) is 65.8 Å². The van der Waals surface area contributed by atoms with Crippen LogP contribution in [0.1, 0.15) is 10.4 Å². The zero-order valence-electron chi connectivity index (χ0n) is 10.5. The summed E-state index contributed by atoms with van der Waals surface area (Å²) in [5.41, 5.74) is 4.27. The van der Waals surface area contributed by atoms with Gasteiger partial charge in [0.2, 0.25) is 11.6 Å². The molecule has 6 heteroatoms. The summed E-state index contributed by atoms with van der Waals surface area (Å²) >= 11 is 4.22. The summed E-state index contributed by atoms with van der Waals surface area (Å²) in [7, 11) is 0. The highest BCUT2D eigenvalue weighted by Crippen LogP contribution is 2.18. The topological polar surface area (TPSA) is 47.9 Å². The number of amidine groups is 1. The third-order valence-corrected chi connectivity index (χ3v) is 3.10. The Morgan fingerprint density at radius 2 is 1.60 bits per heavy atom. The number of ketones is 1. The molecule has 1 aliphatic rings. The van der Waals surface area contributed by atoms with Crippen LogP contribution in [0, 0.1) is 0 Å². The van der Waals surface area contributed by atoms with Crippen molar-refractivity contribution < 1.29 is 4.79 Å². The normalized spacial score (nSPS) is 14.3. The van der Waals surface area contributed by atoms with Gasteiger partial charge in [0, 0.05) is 5.56 Å². The number of hydrazone groups is 1. The van der Waals surface area contributed by atoms with Crippen molar-refractivity contribution in [3.05, 3.63) is 66.2 Å². The van der Waals surface area contributed by atoms with E-state index in [0.717, 1.165) is 5.69 Å². The number of anilines is 1. The standard InChI is InChI=1S/C14H12N4OS/c19-13(11-7-3-1-4-8-11)14-15-17(16-18(14)20)12-9-5-2-6-10-12/h1-10,16,20H. The van der Waals surface area contributed by atoms with E-state index < -0.39 is 0 Å². The number of hydrazine groups is 2. The first-order valence-corrected chi connectivity index (χ1v) is 6.44. The van der Waals surface area contributed by atoms with Crippen molar-refractivity contribution in [2.75, 3.05) is 5.12 Å². The fourth-order valence-corrected chi connectivity index (χ4v) is 2.06. The lowest BCUT2D eigenvalue weighted by atomic mass is 10.1. The Bertz CT molecular complexity index is 645. The van der Waals surface area contributed by atoms with Crippen LogP contribution in [0.5, 0.6) is 0 Å². The molecule has 0 unspecified atom stereocenters. The molecule has 0 atom stereocenters. The van der Waals surface area contributed by atoms with Gasteiger partial charge in [0.15, 0.2) is 0 Å². The maximum atomic E-state index is 12.3. The van der Waals surface area contributed by atoms with E-state index in [1.54, 1.807) is 12.1 Å². The second-order valence-corrected chi connectivity index (χ2v) is 4.58. The van der Waals surface area contributed by atoms with E-state index in [1.165, 1.54) is 9.53 Å². The van der Waals surface area contributed by atoms with E-state index in [9.17, 15) is 4.79 Å². The molecular formula is C14H12N4OS. The van der Waals surface area contributed by atoms with Gasteiger partial charge in [0.25, 0.3) is 0 Å². The Hall–Kier alpha value is -2.31. The van der Waals surface area contributed by atoms with Crippen LogP contribution in [-0.4, -0.2) is 16.0 Å². The van der Waals surface area contributed by atoms with E-state index >= 15 is 0 Å². The fourth-order valence-electron chi connectivity index (χ4n) is 1.84. The summed E-state index contributed by atoms with van der Waals surface area (Å²) in [6, 6.07) is 18.5. The van der Waals surface area contributed by atoms with Crippen molar-refractivity contribution in [3.63, 3.8) is 0 Å². The number of Topliss-reactive ketones (excluding diaryl/α,β-unsaturated/α-hetero) is 1. The first-order valence-electron chi connectivity index (χ1n) is 6.04. The van der Waals surface area contributed by atoms with Gasteiger partial charge in [-0.25, -0.2) is 4.41 Å². The Morgan fingerprint density at radius 1 is 1.00 bits per heavy atom. The number of nitrogens with zero attached hydrogens (tertiary/aromatic N) is 3. The van der Waals surface area contributed by atoms with Crippen molar-refractivity contribution in [1.29, 1.82) is 0 Å². The highest BCUT2D eigenvalue weighted by molar-refractivity contribution is 7.78. The van der Waals surface area contributed by atoms with Gasteiger partial charge in [-0.2, -0.15) is 5.12 Å². The molecule has 2 aromatic carbocycles. The largest absolute Gasteiger partial charge is 0.285 e. The van der Waals surface area contributed by atoms with E-state index in [0.29, 0.717) is 5.56 Å². The molecule has 0 saturated carbocycles. The van der Waals surface area contributed by atoms with Gasteiger partial charge in [-0.1, -0.05) is 48.5 Å². The number of rotatable bonds is 3. The van der Waals surface area contributed by atoms with Gasteiger partial charge < -0.3 is 0 Å². The van der Waals surface area contributed by atoms with Crippen molar-refractivity contribution in [3.8, 4) is 0 Å². The van der Waals surface area contributed by atoms with Gasteiger partial charge in [0.1, 0.15) is 0 Å². The Labute approximate surface area is 122 Å². The number of benzene rings is 2. The quantitative estimate of drug-likeness (QED) is 0.670. The molecule has 3 rings (SSSR count). The Morgan fingerprint density at radius 3 is 2.25 bits per heavy atom. The molecule has 1 N–H and O–H groups in total. The number of para-hydroxylation sites is 1. The lowest BCUT2D eigenvalue weighted by Crippen LogP contribution is -2.38. The summed E-state index contributed by atoms with van der Waals surface area (Å²) < 4.78 is 1.31. The molecule has 2 aromatic rings. The minimum absolute atomic E-state index is 0.188. The Kier molecular flexibility index (Phi) is 3.41. The molecule has 1 aliphatic heterocycles. The lowest BCUT2D eigenvalue weighted by Gasteiger charge is -2.15. The van der Waals surface area contributed by atoms with Crippen LogP contribution in [0.3, 0.4) is 0 Å². The van der Waals surface area contributed by atoms with Gasteiger partial charge in [-0.15, -0.1) is 10.6 Å². The fraction of sp³-hybridized carbons (Fsp3) is 0. The molecule has 5 nitrogen and oxygen atoms in total. The van der Waals surface area contributed by atoms with Crippen LogP contribution in [0.2, 0.25) is 0 Å². The van der Waals surface area contributed by atoms with E-state index in [2.05, 4.69) is 23.5 Å². The monoisotopic (exact) mass is 284 g/mol. The van der Waals surface area contributed by atoms with E-state index in [4.69, 9.17) is 0 Å². The van der Waals surface area contributed by atoms with Gasteiger partial charge >= 0.3 is 0 Å². The summed E-state index contributed by atoms with van der Waals surface area (Å²) in [4.78, 5) is 12.3. The molecule has 0 amide bonds. The predicted molar refractivity (Wildman–Crippen MR) is 81.1 cm³/mol. The molecule has 0 spiro atoms. The van der Waals surface area contributed by atoms with Crippen molar-refractivity contribution in [2.24, 2.45) is 5.10 Å². The zero-order chi connectivity index (χ0) is 13.9. The van der Waals surface area contributed by atoms with Crippen LogP contribution in [-0.2, 0) is 0 Å². The first kappa shape index (κ1) is 12.7. The van der Waals surface area contributed by atoms with Gasteiger partial charge in [0.05, 0.1) is 5.69 Å². The van der Waals surface area contributed by atoms with Crippen LogP contribution < -0.4 is 10.7 Å². The van der Waals surface area contributed by atoms with Gasteiger partial charge in [-0.3, -0.25) is 4.79 Å². The van der Waals surface area contributed by atoms with Gasteiger partial charge in [-0.05, 0) is 24.9 Å². The number of hydrogen-bond donors (Lipinski definition) is 2. The number of carbonyl (C=O) groups is 1. The number of carbonyl (C=O) groups excluding carboxylic acids is 1. The smallest absolute Gasteiger partial charge is 0.232 e. The molecule has 0 radical (unpaired) electrons. The molecule has 1 heterocycles. The number of nitrogens with one attached hydrogen (secondary N) is 1. The zero-order valence-corrected chi connectivity index (χ0v) is 11.4. The van der Waals surface area contributed by atoms with Crippen molar-refractivity contribution in [1.82, 2.24) is 9.95 Å². The number of thiol groups is 1. The molecule has 0 saturated heterocycles. The second-order valence-electron chi connectivity index (χ2n) is 4.18. The molecular weight excluding hydrogens is 272 g/mol. The molecule has 0 fully saturated rings. The van der Waals surface area contributed by atoms with E-state index in [1.807, 2.05) is 48.5 Å². The number of hydrogen-bond acceptors (Lipinski definition) is 6. The summed E-state index contributed by atoms with van der Waals surface area (Å²) in [5.74, 6) is 0.0370. The lowest BCUT2D eigenvalue weighted by molar-refractivity contribution is 0.105. The third-order valence-electron chi connectivity index (χ3n) is 2.82. The summed E-state index contributed by atoms with van der Waals surface area (Å²) in [5, 5.41) is 5.76. The maximum Gasteiger partial charge on any atom is 0.232 e. The van der Waals surface area contributed by atoms with Crippen molar-refractivity contribution >= 4 is 30.1 Å². The second kappa shape index (κ2) is 5.36. The summed E-state index contributed by atoms with van der Waals surface area (Å²) in [6.45, 7) is 0. The third kappa shape index (κ3) is 2.38. The van der Waals surface area contributed by atoms with E-state index in [-0.39, 0.29) is 11.6 Å². The van der Waals surface area contributed by atoms with Crippen LogP contribution >= 0.6 is 12.8 Å². The molecule has 0 aliphatic carbocycles. The minimum Gasteiger partial charge on any atom is -0.285 e. The molecule has 0 bridgehead atoms. The van der Waals surface area contributed by atoms with Crippen LogP contribution in [0.25, 0.3) is 0 Å². The average molecular weight is 284 g/mol. The Balaban J connectivity index is 1.88. The van der Waals surface area contributed by atoms with Crippen LogP contribution in [0.4, 0.5) is 5.69 Å². The molecule has 20 heavy (non-hydrogen) atoms. The summed E-state index contributed by atoms with van der Waals surface area (Å²) in [6.07, 6.45) is 0. The predicted octanol–water partition coefficient (Wildman–Crippen LogP) is 2.27. The SMILES string of the molecule is O=C(C1=NN(c2ccccc2)NN1S)c1ccccc1. The highest BCUT2D eigenvalue weighted by Gasteiger charge is 2.27. The van der Waals surface area contributed by atoms with Crippen molar-refractivity contribution in [2.45, 2.75) is 0 Å². The maximum absolute atomic E-state index is 12.3. The molecule has 100 valence electrons. The molecule has 0 aromatic heterocycles.